The van der Waals surface area contributed by atoms with Gasteiger partial charge in [0.15, 0.2) is 0 Å². The average Bonchev–Trinajstić information content (AvgIpc) is 2.43. The third kappa shape index (κ3) is 3.28. The number of rotatable bonds is 5. The van der Waals surface area contributed by atoms with Crippen LogP contribution in [-0.4, -0.2) is 26.9 Å². The van der Waals surface area contributed by atoms with Crippen LogP contribution in [0.15, 0.2) is 18.2 Å². The third-order valence-corrected chi connectivity index (χ3v) is 3.71. The topological polar surface area (TPSA) is 30.5 Å². The van der Waals surface area contributed by atoms with E-state index in [1.54, 1.807) is 7.11 Å². The van der Waals surface area contributed by atoms with Crippen LogP contribution in [0.2, 0.25) is 0 Å². The van der Waals surface area contributed by atoms with Crippen LogP contribution >= 0.6 is 0 Å². The maximum atomic E-state index is 6.07. The average molecular weight is 263 g/mol. The number of likely N-dealkylation sites (N-methyl/N-ethyl adjacent to an activating group) is 1. The monoisotopic (exact) mass is 263 g/mol. The molecule has 1 aromatic rings. The minimum atomic E-state index is 0.272. The number of hydrogen-bond acceptors (Lipinski definition) is 3. The quantitative estimate of drug-likeness (QED) is 0.886. The summed E-state index contributed by atoms with van der Waals surface area (Å²) < 4.78 is 11.4. The molecule has 1 aliphatic carbocycles. The van der Waals surface area contributed by atoms with Gasteiger partial charge in [-0.05, 0) is 49.1 Å². The maximum absolute atomic E-state index is 6.07. The van der Waals surface area contributed by atoms with Crippen molar-refractivity contribution in [3.05, 3.63) is 29.3 Å². The number of ether oxygens (including phenoxy) is 2. The van der Waals surface area contributed by atoms with Gasteiger partial charge in [-0.1, -0.05) is 19.9 Å². The molecule has 0 heterocycles. The number of fused-ring (bicyclic) bond motifs is 1. The van der Waals surface area contributed by atoms with Crippen molar-refractivity contribution in [3.8, 4) is 5.75 Å². The van der Waals surface area contributed by atoms with Gasteiger partial charge < -0.3 is 14.8 Å². The van der Waals surface area contributed by atoms with Gasteiger partial charge in [0.05, 0.1) is 19.3 Å². The molecule has 0 aromatic heterocycles. The molecule has 0 amide bonds. The summed E-state index contributed by atoms with van der Waals surface area (Å²) >= 11 is 0. The van der Waals surface area contributed by atoms with Crippen molar-refractivity contribution in [2.45, 2.75) is 38.8 Å². The molecule has 0 spiro atoms. The first-order chi connectivity index (χ1) is 9.15. The molecule has 2 rings (SSSR count). The Hall–Kier alpha value is -1.06. The van der Waals surface area contributed by atoms with Crippen molar-refractivity contribution in [1.82, 2.24) is 5.32 Å². The van der Waals surface area contributed by atoms with Crippen molar-refractivity contribution in [1.29, 1.82) is 0 Å². The summed E-state index contributed by atoms with van der Waals surface area (Å²) in [5.74, 6) is 1.52. The highest BCUT2D eigenvalue weighted by Crippen LogP contribution is 2.34. The van der Waals surface area contributed by atoms with E-state index in [2.05, 4.69) is 31.3 Å². The SMILES string of the molecule is CNC1c2ccc(OC)cc2CCC1OCC(C)C. The molecule has 0 saturated carbocycles. The summed E-state index contributed by atoms with van der Waals surface area (Å²) in [6.45, 7) is 5.21. The molecule has 1 aromatic carbocycles. The second kappa shape index (κ2) is 6.40. The number of aryl methyl sites for hydroxylation is 1. The predicted molar refractivity (Wildman–Crippen MR) is 77.7 cm³/mol. The van der Waals surface area contributed by atoms with E-state index in [1.807, 2.05) is 13.1 Å². The highest BCUT2D eigenvalue weighted by atomic mass is 16.5. The van der Waals surface area contributed by atoms with Gasteiger partial charge in [0.25, 0.3) is 0 Å². The van der Waals surface area contributed by atoms with E-state index in [9.17, 15) is 0 Å². The Morgan fingerprint density at radius 1 is 1.37 bits per heavy atom. The Kier molecular flexibility index (Phi) is 4.83. The molecule has 106 valence electrons. The number of hydrogen-bond donors (Lipinski definition) is 1. The lowest BCUT2D eigenvalue weighted by Crippen LogP contribution is -2.36. The van der Waals surface area contributed by atoms with Crippen molar-refractivity contribution in [2.24, 2.45) is 5.92 Å². The first kappa shape index (κ1) is 14.4. The van der Waals surface area contributed by atoms with Gasteiger partial charge in [-0.15, -0.1) is 0 Å². The molecule has 3 heteroatoms. The zero-order chi connectivity index (χ0) is 13.8. The number of benzene rings is 1. The summed E-state index contributed by atoms with van der Waals surface area (Å²) in [5, 5.41) is 3.41. The van der Waals surface area contributed by atoms with Crippen LogP contribution in [0.4, 0.5) is 0 Å². The summed E-state index contributed by atoms with van der Waals surface area (Å²) in [6, 6.07) is 6.64. The highest BCUT2D eigenvalue weighted by Gasteiger charge is 2.29. The maximum Gasteiger partial charge on any atom is 0.119 e. The molecule has 3 nitrogen and oxygen atoms in total. The van der Waals surface area contributed by atoms with Gasteiger partial charge in [0, 0.05) is 6.61 Å². The van der Waals surface area contributed by atoms with Crippen molar-refractivity contribution >= 4 is 0 Å². The predicted octanol–water partition coefficient (Wildman–Crippen LogP) is 2.94. The van der Waals surface area contributed by atoms with Crippen LogP contribution in [0.3, 0.4) is 0 Å². The molecule has 2 unspecified atom stereocenters. The van der Waals surface area contributed by atoms with E-state index >= 15 is 0 Å². The summed E-state index contributed by atoms with van der Waals surface area (Å²) in [6.07, 6.45) is 2.40. The van der Waals surface area contributed by atoms with Crippen molar-refractivity contribution < 1.29 is 9.47 Å². The molecule has 19 heavy (non-hydrogen) atoms. The van der Waals surface area contributed by atoms with Gasteiger partial charge in [0.2, 0.25) is 0 Å². The fourth-order valence-electron chi connectivity index (χ4n) is 2.73. The van der Waals surface area contributed by atoms with Gasteiger partial charge in [0.1, 0.15) is 5.75 Å². The Morgan fingerprint density at radius 2 is 2.16 bits per heavy atom. The Morgan fingerprint density at radius 3 is 2.79 bits per heavy atom. The lowest BCUT2D eigenvalue weighted by atomic mass is 9.85. The van der Waals surface area contributed by atoms with Crippen LogP contribution in [0.5, 0.6) is 5.75 Å². The Balaban J connectivity index is 2.16. The lowest BCUT2D eigenvalue weighted by molar-refractivity contribution is 0.00347. The number of methoxy groups -OCH3 is 1. The Labute approximate surface area is 116 Å². The Bertz CT molecular complexity index is 417. The van der Waals surface area contributed by atoms with Crippen molar-refractivity contribution in [2.75, 3.05) is 20.8 Å². The fourth-order valence-corrected chi connectivity index (χ4v) is 2.73. The van der Waals surface area contributed by atoms with Crippen LogP contribution in [-0.2, 0) is 11.2 Å². The summed E-state index contributed by atoms with van der Waals surface area (Å²) in [4.78, 5) is 0. The first-order valence-corrected chi connectivity index (χ1v) is 7.11. The van der Waals surface area contributed by atoms with E-state index < -0.39 is 0 Å². The van der Waals surface area contributed by atoms with Gasteiger partial charge >= 0.3 is 0 Å². The molecule has 1 N–H and O–H groups in total. The minimum Gasteiger partial charge on any atom is -0.497 e. The van der Waals surface area contributed by atoms with Gasteiger partial charge in [-0.25, -0.2) is 0 Å². The molecular formula is C16H25NO2. The second-order valence-corrected chi connectivity index (χ2v) is 5.64. The standard InChI is InChI=1S/C16H25NO2/c1-11(2)10-19-15-8-5-12-9-13(18-4)6-7-14(12)16(15)17-3/h6-7,9,11,15-17H,5,8,10H2,1-4H3. The van der Waals surface area contributed by atoms with Crippen LogP contribution < -0.4 is 10.1 Å². The zero-order valence-electron chi connectivity index (χ0n) is 12.4. The minimum absolute atomic E-state index is 0.272. The van der Waals surface area contributed by atoms with Crippen LogP contribution in [0.25, 0.3) is 0 Å². The van der Waals surface area contributed by atoms with E-state index in [0.717, 1.165) is 25.2 Å². The molecule has 0 fully saturated rings. The van der Waals surface area contributed by atoms with E-state index in [4.69, 9.17) is 9.47 Å². The van der Waals surface area contributed by atoms with Gasteiger partial charge in [-0.2, -0.15) is 0 Å². The van der Waals surface area contributed by atoms with E-state index in [0.29, 0.717) is 5.92 Å². The van der Waals surface area contributed by atoms with Crippen LogP contribution in [0.1, 0.15) is 37.4 Å². The van der Waals surface area contributed by atoms with E-state index in [-0.39, 0.29) is 12.1 Å². The zero-order valence-corrected chi connectivity index (χ0v) is 12.4. The molecule has 1 aliphatic rings. The molecule has 0 aliphatic heterocycles. The first-order valence-electron chi connectivity index (χ1n) is 7.11. The molecule has 2 atom stereocenters. The van der Waals surface area contributed by atoms with Crippen molar-refractivity contribution in [3.63, 3.8) is 0 Å². The second-order valence-electron chi connectivity index (χ2n) is 5.64. The summed E-state index contributed by atoms with van der Waals surface area (Å²) in [7, 11) is 3.73. The molecule has 0 bridgehead atoms. The van der Waals surface area contributed by atoms with E-state index in [1.165, 1.54) is 11.1 Å². The third-order valence-electron chi connectivity index (χ3n) is 3.71. The van der Waals surface area contributed by atoms with Crippen LogP contribution in [0, 0.1) is 5.92 Å². The lowest BCUT2D eigenvalue weighted by Gasteiger charge is -2.34. The molecule has 0 saturated heterocycles. The molecule has 0 radical (unpaired) electrons. The smallest absolute Gasteiger partial charge is 0.119 e. The largest absolute Gasteiger partial charge is 0.497 e. The molecular weight excluding hydrogens is 238 g/mol. The fraction of sp³-hybridized carbons (Fsp3) is 0.625. The number of nitrogens with one attached hydrogen (secondary N) is 1. The summed E-state index contributed by atoms with van der Waals surface area (Å²) in [5.41, 5.74) is 2.73. The normalized spacial score (nSPS) is 22.4. The highest BCUT2D eigenvalue weighted by molar-refractivity contribution is 5.39. The van der Waals surface area contributed by atoms with Gasteiger partial charge in [-0.3, -0.25) is 0 Å².